The van der Waals surface area contributed by atoms with Crippen LogP contribution in [0.5, 0.6) is 0 Å². The summed E-state index contributed by atoms with van der Waals surface area (Å²) in [6, 6.07) is 4.09. The minimum Gasteiger partial charge on any atom is -0.328 e. The zero-order valence-corrected chi connectivity index (χ0v) is 10.8. The summed E-state index contributed by atoms with van der Waals surface area (Å²) >= 11 is 5.91. The van der Waals surface area contributed by atoms with Gasteiger partial charge in [0.25, 0.3) is 0 Å². The van der Waals surface area contributed by atoms with Gasteiger partial charge in [0.05, 0.1) is 11.6 Å². The monoisotopic (exact) mass is 270 g/mol. The maximum Gasteiger partial charge on any atom is 0.178 e. The van der Waals surface area contributed by atoms with Gasteiger partial charge in [-0.2, -0.15) is 0 Å². The predicted octanol–water partition coefficient (Wildman–Crippen LogP) is 2.08. The number of nitrogens with two attached hydrogens (primary N) is 1. The van der Waals surface area contributed by atoms with Crippen molar-refractivity contribution < 1.29 is 9.18 Å². The number of rotatable bonds is 3. The zero-order chi connectivity index (χ0) is 13.1. The number of carbonyl (C=O) groups is 1. The van der Waals surface area contributed by atoms with Crippen LogP contribution in [0.4, 0.5) is 4.39 Å². The van der Waals surface area contributed by atoms with E-state index in [0.29, 0.717) is 5.02 Å². The second-order valence-electron chi connectivity index (χ2n) is 4.66. The first-order chi connectivity index (χ1) is 8.56. The molecule has 1 heterocycles. The number of hydrogen-bond donors (Lipinski definition) is 1. The van der Waals surface area contributed by atoms with Gasteiger partial charge in [0, 0.05) is 24.7 Å². The maximum absolute atomic E-state index is 13.1. The van der Waals surface area contributed by atoms with Crippen LogP contribution in [0, 0.1) is 5.82 Å². The molecule has 1 aromatic rings. The fourth-order valence-electron chi connectivity index (χ4n) is 2.11. The molecule has 1 aliphatic heterocycles. The Labute approximate surface area is 111 Å². The molecular formula is C13H16ClFN2O. The van der Waals surface area contributed by atoms with E-state index in [-0.39, 0.29) is 23.9 Å². The van der Waals surface area contributed by atoms with Crippen molar-refractivity contribution in [2.45, 2.75) is 18.9 Å². The van der Waals surface area contributed by atoms with Crippen molar-refractivity contribution in [2.24, 2.45) is 5.73 Å². The van der Waals surface area contributed by atoms with Gasteiger partial charge < -0.3 is 5.73 Å². The number of benzene rings is 1. The van der Waals surface area contributed by atoms with Crippen molar-refractivity contribution in [2.75, 3.05) is 19.6 Å². The molecule has 0 unspecified atom stereocenters. The molecule has 98 valence electrons. The lowest BCUT2D eigenvalue weighted by atomic mass is 10.0. The van der Waals surface area contributed by atoms with Crippen molar-refractivity contribution in [3.8, 4) is 0 Å². The lowest BCUT2D eigenvalue weighted by Gasteiger charge is -2.29. The lowest BCUT2D eigenvalue weighted by molar-refractivity contribution is 0.0909. The normalized spacial score (nSPS) is 17.9. The summed E-state index contributed by atoms with van der Waals surface area (Å²) in [5.41, 5.74) is 6.06. The Morgan fingerprint density at radius 3 is 2.78 bits per heavy atom. The van der Waals surface area contributed by atoms with Gasteiger partial charge >= 0.3 is 0 Å². The standard InChI is InChI=1S/C13H16ClFN2O/c14-12-2-1-9(15)7-11(12)13(18)8-17-5-3-10(16)4-6-17/h1-2,7,10H,3-6,8,16H2. The molecule has 1 aromatic carbocycles. The molecule has 0 atom stereocenters. The second kappa shape index (κ2) is 5.78. The first-order valence-electron chi connectivity index (χ1n) is 6.02. The Balaban J connectivity index is 2.01. The molecular weight excluding hydrogens is 255 g/mol. The molecule has 0 saturated carbocycles. The summed E-state index contributed by atoms with van der Waals surface area (Å²) in [6.45, 7) is 1.88. The number of halogens is 2. The van der Waals surface area contributed by atoms with Gasteiger partial charge in [0.2, 0.25) is 0 Å². The largest absolute Gasteiger partial charge is 0.328 e. The number of likely N-dealkylation sites (tertiary alicyclic amines) is 1. The molecule has 0 aliphatic carbocycles. The molecule has 0 amide bonds. The average molecular weight is 271 g/mol. The number of Topliss-reactive ketones (excluding diaryl/α,β-unsaturated/α-hetero) is 1. The number of carbonyl (C=O) groups excluding carboxylic acids is 1. The van der Waals surface area contributed by atoms with Crippen LogP contribution in [0.1, 0.15) is 23.2 Å². The van der Waals surface area contributed by atoms with Gasteiger partial charge in [-0.25, -0.2) is 4.39 Å². The Hall–Kier alpha value is -0.970. The molecule has 1 aliphatic rings. The number of nitrogens with zero attached hydrogens (tertiary/aromatic N) is 1. The topological polar surface area (TPSA) is 46.3 Å². The van der Waals surface area contributed by atoms with Gasteiger partial charge in [-0.15, -0.1) is 0 Å². The first-order valence-corrected chi connectivity index (χ1v) is 6.40. The Morgan fingerprint density at radius 2 is 2.11 bits per heavy atom. The van der Waals surface area contributed by atoms with Gasteiger partial charge in [-0.1, -0.05) is 11.6 Å². The highest BCUT2D eigenvalue weighted by atomic mass is 35.5. The van der Waals surface area contributed by atoms with Crippen molar-refractivity contribution in [1.29, 1.82) is 0 Å². The molecule has 0 aromatic heterocycles. The third-order valence-corrected chi connectivity index (χ3v) is 3.56. The van der Waals surface area contributed by atoms with E-state index in [1.54, 1.807) is 0 Å². The fraction of sp³-hybridized carbons (Fsp3) is 0.462. The van der Waals surface area contributed by atoms with Crippen molar-refractivity contribution >= 4 is 17.4 Å². The third kappa shape index (κ3) is 3.28. The minimum absolute atomic E-state index is 0.144. The zero-order valence-electron chi connectivity index (χ0n) is 10.0. The second-order valence-corrected chi connectivity index (χ2v) is 5.07. The molecule has 2 N–H and O–H groups in total. The summed E-state index contributed by atoms with van der Waals surface area (Å²) in [5.74, 6) is -0.585. The van der Waals surface area contributed by atoms with Crippen molar-refractivity contribution in [1.82, 2.24) is 4.90 Å². The fourth-order valence-corrected chi connectivity index (χ4v) is 2.33. The smallest absolute Gasteiger partial charge is 0.178 e. The quantitative estimate of drug-likeness (QED) is 0.856. The lowest BCUT2D eigenvalue weighted by Crippen LogP contribution is -2.41. The third-order valence-electron chi connectivity index (χ3n) is 3.23. The van der Waals surface area contributed by atoms with Crippen LogP contribution >= 0.6 is 11.6 Å². The maximum atomic E-state index is 13.1. The number of ketones is 1. The van der Waals surface area contributed by atoms with Gasteiger partial charge in [-0.05, 0) is 31.0 Å². The molecule has 3 nitrogen and oxygen atoms in total. The van der Waals surface area contributed by atoms with Gasteiger partial charge in [0.15, 0.2) is 5.78 Å². The van der Waals surface area contributed by atoms with Crippen LogP contribution in [0.2, 0.25) is 5.02 Å². The van der Waals surface area contributed by atoms with Gasteiger partial charge in [0.1, 0.15) is 5.82 Å². The Kier molecular flexibility index (Phi) is 4.32. The Morgan fingerprint density at radius 1 is 1.44 bits per heavy atom. The van der Waals surface area contributed by atoms with Crippen molar-refractivity contribution in [3.63, 3.8) is 0 Å². The summed E-state index contributed by atoms with van der Waals surface area (Å²) in [6.07, 6.45) is 1.79. The Bertz CT molecular complexity index is 445. The molecule has 18 heavy (non-hydrogen) atoms. The molecule has 1 saturated heterocycles. The summed E-state index contributed by atoms with van der Waals surface area (Å²) in [5, 5.41) is 0.301. The van der Waals surface area contributed by atoms with Crippen LogP contribution in [0.3, 0.4) is 0 Å². The van der Waals surface area contributed by atoms with E-state index in [1.807, 2.05) is 4.90 Å². The van der Waals surface area contributed by atoms with E-state index in [2.05, 4.69) is 0 Å². The highest BCUT2D eigenvalue weighted by molar-refractivity contribution is 6.34. The summed E-state index contributed by atoms with van der Waals surface area (Å²) < 4.78 is 13.1. The van der Waals surface area contributed by atoms with Crippen LogP contribution in [-0.4, -0.2) is 36.4 Å². The molecule has 0 bridgehead atoms. The number of hydrogen-bond acceptors (Lipinski definition) is 3. The van der Waals surface area contributed by atoms with E-state index in [1.165, 1.54) is 18.2 Å². The van der Waals surface area contributed by atoms with Crippen LogP contribution < -0.4 is 5.73 Å². The SMILES string of the molecule is NC1CCN(CC(=O)c2cc(F)ccc2Cl)CC1. The summed E-state index contributed by atoms with van der Waals surface area (Å²) in [4.78, 5) is 14.1. The highest BCUT2D eigenvalue weighted by Crippen LogP contribution is 2.18. The van der Waals surface area contributed by atoms with E-state index in [9.17, 15) is 9.18 Å². The van der Waals surface area contributed by atoms with Crippen LogP contribution in [0.15, 0.2) is 18.2 Å². The van der Waals surface area contributed by atoms with E-state index in [4.69, 9.17) is 17.3 Å². The van der Waals surface area contributed by atoms with Crippen molar-refractivity contribution in [3.05, 3.63) is 34.6 Å². The summed E-state index contributed by atoms with van der Waals surface area (Å²) in [7, 11) is 0. The highest BCUT2D eigenvalue weighted by Gasteiger charge is 2.20. The van der Waals surface area contributed by atoms with Gasteiger partial charge in [-0.3, -0.25) is 9.69 Å². The number of piperidine rings is 1. The molecule has 5 heteroatoms. The molecule has 2 rings (SSSR count). The molecule has 0 radical (unpaired) electrons. The predicted molar refractivity (Wildman–Crippen MR) is 69.4 cm³/mol. The van der Waals surface area contributed by atoms with E-state index < -0.39 is 5.82 Å². The molecule has 1 fully saturated rings. The van der Waals surface area contributed by atoms with Crippen LogP contribution in [0.25, 0.3) is 0 Å². The average Bonchev–Trinajstić information content (AvgIpc) is 2.35. The van der Waals surface area contributed by atoms with E-state index >= 15 is 0 Å². The molecule has 0 spiro atoms. The first kappa shape index (κ1) is 13.5. The minimum atomic E-state index is -0.441. The van der Waals surface area contributed by atoms with Crippen LogP contribution in [-0.2, 0) is 0 Å². The van der Waals surface area contributed by atoms with E-state index in [0.717, 1.165) is 25.9 Å².